The van der Waals surface area contributed by atoms with E-state index in [0.717, 1.165) is 0 Å². The summed E-state index contributed by atoms with van der Waals surface area (Å²) in [4.78, 5) is 4.63. The lowest BCUT2D eigenvalue weighted by atomic mass is 9.80. The Hall–Kier alpha value is -4.75. The Morgan fingerprint density at radius 2 is 1.23 bits per heavy atom. The van der Waals surface area contributed by atoms with Crippen molar-refractivity contribution in [1.82, 2.24) is 4.98 Å². The summed E-state index contributed by atoms with van der Waals surface area (Å²) in [7, 11) is 0. The zero-order valence-electron chi connectivity index (χ0n) is 23.0. The number of aryl methyl sites for hydroxylation is 1. The molecule has 1 aliphatic carbocycles. The van der Waals surface area contributed by atoms with Crippen molar-refractivity contribution in [2.75, 3.05) is 0 Å². The minimum Gasteiger partial charge on any atom is -0.264 e. The molecule has 0 saturated heterocycles. The molecule has 40 heavy (non-hydrogen) atoms. The number of fused-ring (bicyclic) bond motifs is 6. The molecule has 0 amide bonds. The average molecular weight is 512 g/mol. The lowest BCUT2D eigenvalue weighted by Crippen LogP contribution is -2.14. The Bertz CT molecular complexity index is 2150. The number of hydrogen-bond donors (Lipinski definition) is 0. The molecule has 7 aromatic rings. The zero-order valence-corrected chi connectivity index (χ0v) is 23.0. The zero-order chi connectivity index (χ0) is 27.0. The van der Waals surface area contributed by atoms with Gasteiger partial charge in [0.05, 0.1) is 0 Å². The number of nitrogens with zero attached hydrogens (tertiary/aromatic N) is 1. The van der Waals surface area contributed by atoms with Gasteiger partial charge >= 0.3 is 0 Å². The standard InChI is InChI=1S/C39H29N/c1-24-12-16-31-33(20-24)37(28-15-17-30-29-10-6-7-11-35(29)39(2,3)36(30)22-28)32-18-19-40-23-34(32)38(31)27-14-13-25-8-4-5-9-26(25)21-27/h4-23H,1-3H3. The van der Waals surface area contributed by atoms with E-state index >= 15 is 0 Å². The fourth-order valence-electron chi connectivity index (χ4n) is 7.01. The van der Waals surface area contributed by atoms with Gasteiger partial charge in [0.2, 0.25) is 0 Å². The van der Waals surface area contributed by atoms with Gasteiger partial charge < -0.3 is 0 Å². The number of hydrogen-bond acceptors (Lipinski definition) is 1. The lowest BCUT2D eigenvalue weighted by Gasteiger charge is -2.23. The summed E-state index contributed by atoms with van der Waals surface area (Å²) in [5.41, 5.74) is 11.8. The minimum absolute atomic E-state index is 0.0456. The third kappa shape index (κ3) is 3.24. The van der Waals surface area contributed by atoms with Gasteiger partial charge in [0.25, 0.3) is 0 Å². The van der Waals surface area contributed by atoms with E-state index in [0.29, 0.717) is 0 Å². The maximum Gasteiger partial charge on any atom is 0.0353 e. The van der Waals surface area contributed by atoms with Crippen LogP contribution in [-0.2, 0) is 5.41 Å². The number of rotatable bonds is 2. The van der Waals surface area contributed by atoms with E-state index in [4.69, 9.17) is 0 Å². The highest BCUT2D eigenvalue weighted by molar-refractivity contribution is 6.21. The fourth-order valence-corrected chi connectivity index (χ4v) is 7.01. The van der Waals surface area contributed by atoms with Crippen molar-refractivity contribution in [1.29, 1.82) is 0 Å². The van der Waals surface area contributed by atoms with Crippen LogP contribution in [0.1, 0.15) is 30.5 Å². The number of aromatic nitrogens is 1. The topological polar surface area (TPSA) is 12.9 Å². The van der Waals surface area contributed by atoms with Crippen LogP contribution in [0.15, 0.2) is 122 Å². The second-order valence-electron chi connectivity index (χ2n) is 11.7. The van der Waals surface area contributed by atoms with Crippen LogP contribution in [-0.4, -0.2) is 4.98 Å². The third-order valence-electron chi connectivity index (χ3n) is 8.98. The van der Waals surface area contributed by atoms with Crippen LogP contribution in [0, 0.1) is 6.92 Å². The molecular formula is C39H29N. The van der Waals surface area contributed by atoms with Gasteiger partial charge in [0.1, 0.15) is 0 Å². The normalized spacial score (nSPS) is 13.6. The summed E-state index contributed by atoms with van der Waals surface area (Å²) in [6.45, 7) is 6.90. The highest BCUT2D eigenvalue weighted by Gasteiger charge is 2.35. The van der Waals surface area contributed by atoms with Crippen molar-refractivity contribution in [3.63, 3.8) is 0 Å². The van der Waals surface area contributed by atoms with E-state index in [-0.39, 0.29) is 5.41 Å². The first-order valence-corrected chi connectivity index (χ1v) is 14.0. The molecule has 0 fully saturated rings. The van der Waals surface area contributed by atoms with E-state index in [1.807, 2.05) is 6.20 Å². The molecule has 8 rings (SSSR count). The first-order valence-electron chi connectivity index (χ1n) is 14.0. The van der Waals surface area contributed by atoms with Gasteiger partial charge in [0.15, 0.2) is 0 Å². The fraction of sp³-hybridized carbons (Fsp3) is 0.103. The number of benzene rings is 6. The van der Waals surface area contributed by atoms with Gasteiger partial charge in [-0.2, -0.15) is 0 Å². The van der Waals surface area contributed by atoms with Crippen molar-refractivity contribution in [2.45, 2.75) is 26.2 Å². The molecule has 1 aromatic heterocycles. The second kappa shape index (κ2) is 8.37. The van der Waals surface area contributed by atoms with Crippen molar-refractivity contribution < 1.29 is 0 Å². The second-order valence-corrected chi connectivity index (χ2v) is 11.7. The maximum absolute atomic E-state index is 4.63. The smallest absolute Gasteiger partial charge is 0.0353 e. The Morgan fingerprint density at radius 3 is 2.12 bits per heavy atom. The summed E-state index contributed by atoms with van der Waals surface area (Å²) in [6, 6.07) is 40.5. The molecule has 0 saturated carbocycles. The average Bonchev–Trinajstić information content (AvgIpc) is 3.21. The SMILES string of the molecule is Cc1ccc2c(-c3ccc4ccccc4c3)c3cnccc3c(-c3ccc4c(c3)C(C)(C)c3ccccc3-4)c2c1. The summed E-state index contributed by atoms with van der Waals surface area (Å²) in [5.74, 6) is 0. The lowest BCUT2D eigenvalue weighted by molar-refractivity contribution is 0.660. The molecule has 0 atom stereocenters. The summed E-state index contributed by atoms with van der Waals surface area (Å²) >= 11 is 0. The van der Waals surface area contributed by atoms with Crippen LogP contribution < -0.4 is 0 Å². The van der Waals surface area contributed by atoms with Gasteiger partial charge in [-0.15, -0.1) is 0 Å². The Balaban J connectivity index is 1.46. The molecule has 0 bridgehead atoms. The van der Waals surface area contributed by atoms with Crippen molar-refractivity contribution in [2.24, 2.45) is 0 Å². The summed E-state index contributed by atoms with van der Waals surface area (Å²) < 4.78 is 0. The first kappa shape index (κ1) is 23.2. The van der Waals surface area contributed by atoms with Gasteiger partial charge in [-0.05, 0) is 96.6 Å². The highest BCUT2D eigenvalue weighted by atomic mass is 14.6. The summed E-state index contributed by atoms with van der Waals surface area (Å²) in [5, 5.41) is 7.49. The molecule has 1 heterocycles. The molecule has 1 nitrogen and oxygen atoms in total. The van der Waals surface area contributed by atoms with Crippen LogP contribution in [0.5, 0.6) is 0 Å². The van der Waals surface area contributed by atoms with E-state index in [2.05, 4.69) is 141 Å². The summed E-state index contributed by atoms with van der Waals surface area (Å²) in [6.07, 6.45) is 3.99. The minimum atomic E-state index is -0.0456. The van der Waals surface area contributed by atoms with E-state index < -0.39 is 0 Å². The van der Waals surface area contributed by atoms with Crippen LogP contribution in [0.2, 0.25) is 0 Å². The van der Waals surface area contributed by atoms with E-state index in [1.54, 1.807) is 0 Å². The molecule has 190 valence electrons. The van der Waals surface area contributed by atoms with Gasteiger partial charge in [0, 0.05) is 23.2 Å². The monoisotopic (exact) mass is 511 g/mol. The molecule has 0 N–H and O–H groups in total. The maximum atomic E-state index is 4.63. The van der Waals surface area contributed by atoms with E-state index in [1.165, 1.54) is 82.4 Å². The van der Waals surface area contributed by atoms with E-state index in [9.17, 15) is 0 Å². The molecule has 6 aromatic carbocycles. The van der Waals surface area contributed by atoms with Gasteiger partial charge in [-0.25, -0.2) is 0 Å². The predicted octanol–water partition coefficient (Wildman–Crippen LogP) is 10.5. The van der Waals surface area contributed by atoms with Crippen molar-refractivity contribution in [3.05, 3.63) is 138 Å². The highest BCUT2D eigenvalue weighted by Crippen LogP contribution is 2.51. The molecule has 0 spiro atoms. The Labute approximate surface area is 234 Å². The largest absolute Gasteiger partial charge is 0.264 e. The molecule has 0 unspecified atom stereocenters. The van der Waals surface area contributed by atoms with Crippen LogP contribution in [0.3, 0.4) is 0 Å². The van der Waals surface area contributed by atoms with Crippen molar-refractivity contribution in [3.8, 4) is 33.4 Å². The number of pyridine rings is 1. The predicted molar refractivity (Wildman–Crippen MR) is 170 cm³/mol. The van der Waals surface area contributed by atoms with Crippen LogP contribution in [0.4, 0.5) is 0 Å². The quantitative estimate of drug-likeness (QED) is 0.210. The van der Waals surface area contributed by atoms with Crippen LogP contribution in [0.25, 0.3) is 65.7 Å². The Morgan fingerprint density at radius 1 is 0.525 bits per heavy atom. The van der Waals surface area contributed by atoms with Gasteiger partial charge in [-0.3, -0.25) is 4.98 Å². The molecule has 1 aliphatic rings. The first-order chi connectivity index (χ1) is 19.5. The van der Waals surface area contributed by atoms with Gasteiger partial charge in [-0.1, -0.05) is 110 Å². The molecule has 1 heteroatoms. The van der Waals surface area contributed by atoms with Crippen LogP contribution >= 0.6 is 0 Å². The molecule has 0 aliphatic heterocycles. The molecule has 0 radical (unpaired) electrons. The van der Waals surface area contributed by atoms with Crippen molar-refractivity contribution >= 4 is 32.3 Å². The molecular weight excluding hydrogens is 482 g/mol. The third-order valence-corrected chi connectivity index (χ3v) is 8.98. The Kier molecular flexibility index (Phi) is 4.85.